The first-order valence-electron chi connectivity index (χ1n) is 19.3. The van der Waals surface area contributed by atoms with E-state index in [0.29, 0.717) is 17.5 Å². The molecule has 0 unspecified atom stereocenters. The molecule has 0 aliphatic heterocycles. The summed E-state index contributed by atoms with van der Waals surface area (Å²) in [6.45, 7) is 0. The predicted molar refractivity (Wildman–Crippen MR) is 240 cm³/mol. The highest BCUT2D eigenvalue weighted by atomic mass is 32.1. The quantitative estimate of drug-likeness (QED) is 0.164. The van der Waals surface area contributed by atoms with E-state index in [4.69, 9.17) is 24.4 Å². The normalized spacial score (nSPS) is 11.8. The minimum atomic E-state index is 0.588. The zero-order chi connectivity index (χ0) is 38.2. The number of hydrogen-bond donors (Lipinski definition) is 0. The van der Waals surface area contributed by atoms with Crippen molar-refractivity contribution < 1.29 is 4.42 Å². The maximum Gasteiger partial charge on any atom is 0.164 e. The molecule has 0 spiro atoms. The molecule has 0 fully saturated rings. The zero-order valence-corrected chi connectivity index (χ0v) is 31.7. The van der Waals surface area contributed by atoms with Gasteiger partial charge in [0, 0.05) is 74.9 Å². The highest BCUT2D eigenvalue weighted by Crippen LogP contribution is 2.45. The zero-order valence-electron chi connectivity index (χ0n) is 30.9. The van der Waals surface area contributed by atoms with Crippen molar-refractivity contribution in [2.24, 2.45) is 0 Å². The third-order valence-corrected chi connectivity index (χ3v) is 12.2. The molecule has 12 aromatic rings. The molecule has 0 aliphatic rings. The minimum absolute atomic E-state index is 0.588. The first-order valence-corrected chi connectivity index (χ1v) is 20.1. The van der Waals surface area contributed by atoms with Crippen LogP contribution in [0.5, 0.6) is 0 Å². The molecule has 4 aromatic heterocycles. The molecule has 6 heteroatoms. The second-order valence-corrected chi connectivity index (χ2v) is 15.6. The highest BCUT2D eigenvalue weighted by molar-refractivity contribution is 7.26. The van der Waals surface area contributed by atoms with Crippen LogP contribution in [0.15, 0.2) is 186 Å². The van der Waals surface area contributed by atoms with Gasteiger partial charge in [-0.05, 0) is 35.9 Å². The SMILES string of the molecule is c1ccc(-c2nc(-c3ccccc3)nc(-c3ccc4c(c3)oc3c(-c5ccc6c(c5)nc(-c5ccccc5)c5ccc7sc8ccccc8c7c56)cccc34)n2)cc1. The van der Waals surface area contributed by atoms with Gasteiger partial charge >= 0.3 is 0 Å². The Kier molecular flexibility index (Phi) is 7.33. The van der Waals surface area contributed by atoms with Crippen LogP contribution in [0.3, 0.4) is 0 Å². The fourth-order valence-electron chi connectivity index (χ4n) is 8.40. The molecule has 0 saturated heterocycles. The van der Waals surface area contributed by atoms with Crippen molar-refractivity contribution in [3.8, 4) is 56.5 Å². The van der Waals surface area contributed by atoms with Gasteiger partial charge in [0.1, 0.15) is 11.2 Å². The fraction of sp³-hybridized carbons (Fsp3) is 0. The van der Waals surface area contributed by atoms with E-state index in [1.165, 1.54) is 25.6 Å². The largest absolute Gasteiger partial charge is 0.455 e. The number of pyridine rings is 1. The fourth-order valence-corrected chi connectivity index (χ4v) is 9.51. The molecule has 8 aromatic carbocycles. The van der Waals surface area contributed by atoms with Crippen molar-refractivity contribution in [3.05, 3.63) is 182 Å². The molecule has 0 saturated carbocycles. The van der Waals surface area contributed by atoms with Gasteiger partial charge in [-0.25, -0.2) is 19.9 Å². The van der Waals surface area contributed by atoms with Crippen molar-refractivity contribution in [2.45, 2.75) is 0 Å². The van der Waals surface area contributed by atoms with Gasteiger partial charge in [0.25, 0.3) is 0 Å². The first kappa shape index (κ1) is 32.7. The van der Waals surface area contributed by atoms with Crippen LogP contribution in [0.4, 0.5) is 0 Å². The van der Waals surface area contributed by atoms with E-state index >= 15 is 0 Å². The third kappa shape index (κ3) is 5.23. The number of para-hydroxylation sites is 1. The van der Waals surface area contributed by atoms with Crippen LogP contribution in [0, 0.1) is 0 Å². The smallest absolute Gasteiger partial charge is 0.164 e. The lowest BCUT2D eigenvalue weighted by molar-refractivity contribution is 0.670. The van der Waals surface area contributed by atoms with E-state index in [1.54, 1.807) is 0 Å². The summed E-state index contributed by atoms with van der Waals surface area (Å²) in [6.07, 6.45) is 0. The Balaban J connectivity index is 1.04. The van der Waals surface area contributed by atoms with Gasteiger partial charge in [-0.15, -0.1) is 11.3 Å². The molecule has 0 atom stereocenters. The minimum Gasteiger partial charge on any atom is -0.455 e. The van der Waals surface area contributed by atoms with Gasteiger partial charge in [0.05, 0.1) is 11.2 Å². The summed E-state index contributed by atoms with van der Waals surface area (Å²) >= 11 is 1.84. The van der Waals surface area contributed by atoms with Gasteiger partial charge < -0.3 is 4.42 Å². The van der Waals surface area contributed by atoms with Crippen LogP contribution in [0.1, 0.15) is 0 Å². The van der Waals surface area contributed by atoms with Crippen molar-refractivity contribution in [1.29, 1.82) is 0 Å². The number of aromatic nitrogens is 4. The monoisotopic (exact) mass is 758 g/mol. The number of benzene rings is 8. The maximum absolute atomic E-state index is 6.81. The molecular formula is C52H30N4OS. The lowest BCUT2D eigenvalue weighted by Gasteiger charge is -2.13. The van der Waals surface area contributed by atoms with Crippen LogP contribution >= 0.6 is 11.3 Å². The average Bonchev–Trinajstić information content (AvgIpc) is 3.87. The molecule has 0 N–H and O–H groups in total. The Morgan fingerprint density at radius 2 is 0.966 bits per heavy atom. The number of nitrogens with zero attached hydrogens (tertiary/aromatic N) is 4. The molecular weight excluding hydrogens is 729 g/mol. The number of thiophene rings is 1. The summed E-state index contributed by atoms with van der Waals surface area (Å²) in [5.41, 5.74) is 9.39. The Morgan fingerprint density at radius 1 is 0.362 bits per heavy atom. The molecule has 0 amide bonds. The number of furan rings is 1. The molecule has 5 nitrogen and oxygen atoms in total. The van der Waals surface area contributed by atoms with Crippen molar-refractivity contribution in [2.75, 3.05) is 0 Å². The maximum atomic E-state index is 6.81. The van der Waals surface area contributed by atoms with E-state index in [-0.39, 0.29) is 0 Å². The number of rotatable bonds is 5. The topological polar surface area (TPSA) is 64.7 Å². The highest BCUT2D eigenvalue weighted by Gasteiger charge is 2.19. The van der Waals surface area contributed by atoms with Crippen LogP contribution in [0.25, 0.3) is 120 Å². The Morgan fingerprint density at radius 3 is 1.71 bits per heavy atom. The molecule has 4 heterocycles. The standard InChI is InChI=1S/C52H30N4OS/c1-4-13-31(14-5-1)48-41-27-28-45-47(40-19-10-11-22-44(40)58-45)46(41)39-26-23-34(29-42(39)53-48)36-20-12-21-38-37-25-24-35(30-43(37)57-49(36)38)52-55-50(32-15-6-2-7-16-32)54-51(56-52)33-17-8-3-9-18-33/h1-30H. The summed E-state index contributed by atoms with van der Waals surface area (Å²) in [5.74, 6) is 1.83. The molecule has 270 valence electrons. The van der Waals surface area contributed by atoms with E-state index in [0.717, 1.165) is 77.3 Å². The summed E-state index contributed by atoms with van der Waals surface area (Å²) in [5, 5.41) is 8.18. The van der Waals surface area contributed by atoms with Crippen molar-refractivity contribution >= 4 is 75.1 Å². The van der Waals surface area contributed by atoms with E-state index in [2.05, 4.69) is 121 Å². The van der Waals surface area contributed by atoms with Crippen LogP contribution in [0.2, 0.25) is 0 Å². The van der Waals surface area contributed by atoms with Crippen molar-refractivity contribution in [3.63, 3.8) is 0 Å². The predicted octanol–water partition coefficient (Wildman–Crippen LogP) is 14.2. The van der Waals surface area contributed by atoms with Gasteiger partial charge in [-0.1, -0.05) is 152 Å². The first-order chi connectivity index (χ1) is 28.7. The molecule has 12 rings (SSSR count). The van der Waals surface area contributed by atoms with Gasteiger partial charge in [0.2, 0.25) is 0 Å². The average molecular weight is 759 g/mol. The van der Waals surface area contributed by atoms with Crippen LogP contribution < -0.4 is 0 Å². The van der Waals surface area contributed by atoms with Gasteiger partial charge in [0.15, 0.2) is 17.5 Å². The summed E-state index contributed by atoms with van der Waals surface area (Å²) in [4.78, 5) is 20.2. The molecule has 58 heavy (non-hydrogen) atoms. The Bertz CT molecular complexity index is 3500. The summed E-state index contributed by atoms with van der Waals surface area (Å²) in [7, 11) is 0. The second kappa shape index (κ2) is 13.0. The van der Waals surface area contributed by atoms with Gasteiger partial charge in [-0.3, -0.25) is 0 Å². The summed E-state index contributed by atoms with van der Waals surface area (Å²) < 4.78 is 9.38. The van der Waals surface area contributed by atoms with E-state index < -0.39 is 0 Å². The third-order valence-electron chi connectivity index (χ3n) is 11.1. The molecule has 0 radical (unpaired) electrons. The Hall–Kier alpha value is -7.54. The second-order valence-electron chi connectivity index (χ2n) is 14.6. The lowest BCUT2D eigenvalue weighted by atomic mass is 9.94. The Labute approximate surface area is 336 Å². The van der Waals surface area contributed by atoms with Gasteiger partial charge in [-0.2, -0.15) is 0 Å². The lowest BCUT2D eigenvalue weighted by Crippen LogP contribution is -2.00. The molecule has 0 aliphatic carbocycles. The number of hydrogen-bond acceptors (Lipinski definition) is 6. The number of fused-ring (bicyclic) bond motifs is 10. The van der Waals surface area contributed by atoms with Crippen LogP contribution in [-0.2, 0) is 0 Å². The van der Waals surface area contributed by atoms with Crippen molar-refractivity contribution in [1.82, 2.24) is 19.9 Å². The summed E-state index contributed by atoms with van der Waals surface area (Å²) in [6, 6.07) is 63.2. The molecule has 0 bridgehead atoms. The van der Waals surface area contributed by atoms with Crippen LogP contribution in [-0.4, -0.2) is 19.9 Å². The van der Waals surface area contributed by atoms with E-state index in [1.807, 2.05) is 72.0 Å². The van der Waals surface area contributed by atoms with E-state index in [9.17, 15) is 0 Å².